The zero-order valence-corrected chi connectivity index (χ0v) is 15.3. The maximum Gasteiger partial charge on any atom is 0.287 e. The maximum absolute atomic E-state index is 12.6. The molecule has 1 aromatic heterocycles. The first-order chi connectivity index (χ1) is 12.6. The molecule has 8 heteroatoms. The van der Waals surface area contributed by atoms with Gasteiger partial charge in [0.1, 0.15) is 12.0 Å². The molecule has 2 fully saturated rings. The fourth-order valence-corrected chi connectivity index (χ4v) is 3.98. The van der Waals surface area contributed by atoms with Crippen LogP contribution in [0.25, 0.3) is 0 Å². The van der Waals surface area contributed by atoms with E-state index in [-0.39, 0.29) is 17.5 Å². The number of carbonyl (C=O) groups excluding carboxylic acids is 1. The number of carbonyl (C=O) groups is 1. The van der Waals surface area contributed by atoms with E-state index in [1.165, 1.54) is 18.7 Å². The number of rotatable bonds is 6. The van der Waals surface area contributed by atoms with Crippen molar-refractivity contribution >= 4 is 17.4 Å². The highest BCUT2D eigenvalue weighted by molar-refractivity contribution is 5.79. The topological polar surface area (TPSA) is 91.6 Å². The van der Waals surface area contributed by atoms with Gasteiger partial charge in [0.2, 0.25) is 5.91 Å². The zero-order valence-electron chi connectivity index (χ0n) is 15.3. The van der Waals surface area contributed by atoms with Gasteiger partial charge in [-0.15, -0.1) is 0 Å². The molecule has 26 heavy (non-hydrogen) atoms. The fourth-order valence-electron chi connectivity index (χ4n) is 3.98. The molecule has 2 atom stereocenters. The molecule has 0 radical (unpaired) electrons. The Morgan fingerprint density at radius 2 is 2.15 bits per heavy atom. The Morgan fingerprint density at radius 3 is 2.85 bits per heavy atom. The molecule has 0 aromatic carbocycles. The number of nitro groups is 1. The lowest BCUT2D eigenvalue weighted by molar-refractivity contribution is -0.385. The molecule has 2 saturated heterocycles. The highest BCUT2D eigenvalue weighted by atomic mass is 16.6. The monoisotopic (exact) mass is 361 g/mol. The second-order valence-corrected chi connectivity index (χ2v) is 7.09. The number of pyridine rings is 1. The van der Waals surface area contributed by atoms with Gasteiger partial charge < -0.3 is 10.2 Å². The van der Waals surface area contributed by atoms with Crippen LogP contribution in [-0.4, -0.2) is 59.5 Å². The van der Waals surface area contributed by atoms with Gasteiger partial charge in [-0.3, -0.25) is 19.8 Å². The van der Waals surface area contributed by atoms with Crippen molar-refractivity contribution in [1.82, 2.24) is 15.2 Å². The van der Waals surface area contributed by atoms with Crippen LogP contribution in [-0.2, 0) is 4.79 Å². The van der Waals surface area contributed by atoms with Crippen molar-refractivity contribution in [2.75, 3.05) is 37.6 Å². The van der Waals surface area contributed by atoms with E-state index in [0.29, 0.717) is 18.4 Å². The minimum atomic E-state index is -0.453. The first-order valence-electron chi connectivity index (χ1n) is 9.45. The molecular weight excluding hydrogens is 334 g/mol. The Balaban J connectivity index is 1.54. The van der Waals surface area contributed by atoms with E-state index in [1.54, 1.807) is 6.07 Å². The van der Waals surface area contributed by atoms with Crippen molar-refractivity contribution in [2.24, 2.45) is 5.92 Å². The molecule has 1 N–H and O–H groups in total. The van der Waals surface area contributed by atoms with Crippen molar-refractivity contribution < 1.29 is 9.72 Å². The van der Waals surface area contributed by atoms with Gasteiger partial charge in [0.25, 0.3) is 5.69 Å². The van der Waals surface area contributed by atoms with Crippen molar-refractivity contribution in [3.63, 3.8) is 0 Å². The molecule has 3 rings (SSSR count). The third-order valence-corrected chi connectivity index (χ3v) is 5.48. The Bertz CT molecular complexity index is 636. The lowest BCUT2D eigenvalue weighted by Gasteiger charge is -2.33. The summed E-state index contributed by atoms with van der Waals surface area (Å²) in [6, 6.07) is 3.58. The average molecular weight is 361 g/mol. The molecule has 2 aliphatic heterocycles. The summed E-state index contributed by atoms with van der Waals surface area (Å²) in [5.74, 6) is 0.748. The number of piperidine rings is 1. The third-order valence-electron chi connectivity index (χ3n) is 5.48. The largest absolute Gasteiger partial charge is 0.356 e. The molecule has 0 spiro atoms. The lowest BCUT2D eigenvalue weighted by Crippen LogP contribution is -2.46. The van der Waals surface area contributed by atoms with Crippen LogP contribution in [0.2, 0.25) is 0 Å². The smallest absolute Gasteiger partial charge is 0.287 e. The predicted octanol–water partition coefficient (Wildman–Crippen LogP) is 1.81. The van der Waals surface area contributed by atoms with E-state index in [2.05, 4.69) is 22.1 Å². The Kier molecular flexibility index (Phi) is 6.03. The highest BCUT2D eigenvalue weighted by Gasteiger charge is 2.28. The number of hydrogen-bond donors (Lipinski definition) is 1. The summed E-state index contributed by atoms with van der Waals surface area (Å²) in [5, 5.41) is 13.9. The Labute approximate surface area is 153 Å². The molecule has 0 aliphatic carbocycles. The van der Waals surface area contributed by atoms with E-state index >= 15 is 0 Å². The summed E-state index contributed by atoms with van der Waals surface area (Å²) >= 11 is 0. The van der Waals surface area contributed by atoms with Gasteiger partial charge in [-0.05, 0) is 44.8 Å². The van der Waals surface area contributed by atoms with E-state index in [0.717, 1.165) is 45.4 Å². The van der Waals surface area contributed by atoms with Gasteiger partial charge >= 0.3 is 0 Å². The van der Waals surface area contributed by atoms with E-state index in [4.69, 9.17) is 0 Å². The third kappa shape index (κ3) is 4.30. The van der Waals surface area contributed by atoms with Crippen LogP contribution in [0, 0.1) is 16.0 Å². The molecule has 2 aliphatic rings. The molecule has 1 aromatic rings. The second kappa shape index (κ2) is 8.44. The number of nitrogens with zero attached hydrogens (tertiary/aromatic N) is 4. The van der Waals surface area contributed by atoms with Crippen LogP contribution < -0.4 is 10.2 Å². The summed E-state index contributed by atoms with van der Waals surface area (Å²) < 4.78 is 0. The molecular formula is C18H27N5O3. The first kappa shape index (κ1) is 18.6. The van der Waals surface area contributed by atoms with Crippen LogP contribution in [0.15, 0.2) is 18.3 Å². The van der Waals surface area contributed by atoms with Crippen molar-refractivity contribution in [2.45, 2.75) is 38.6 Å². The predicted molar refractivity (Wildman–Crippen MR) is 99.1 cm³/mol. The van der Waals surface area contributed by atoms with E-state index in [9.17, 15) is 14.9 Å². The molecule has 142 valence electrons. The van der Waals surface area contributed by atoms with Gasteiger partial charge in [-0.25, -0.2) is 4.98 Å². The lowest BCUT2D eigenvalue weighted by atomic mass is 9.97. The number of anilines is 1. The quantitative estimate of drug-likeness (QED) is 0.614. The van der Waals surface area contributed by atoms with Crippen molar-refractivity contribution in [3.8, 4) is 0 Å². The minimum Gasteiger partial charge on any atom is -0.356 e. The second-order valence-electron chi connectivity index (χ2n) is 7.09. The zero-order chi connectivity index (χ0) is 18.5. The van der Waals surface area contributed by atoms with Crippen LogP contribution in [0.3, 0.4) is 0 Å². The minimum absolute atomic E-state index is 0.0166. The van der Waals surface area contributed by atoms with Crippen molar-refractivity contribution in [1.29, 1.82) is 0 Å². The summed E-state index contributed by atoms with van der Waals surface area (Å²) in [6.07, 6.45) is 5.42. The van der Waals surface area contributed by atoms with Gasteiger partial charge in [-0.1, -0.05) is 6.92 Å². The first-order valence-corrected chi connectivity index (χ1v) is 9.45. The number of aromatic nitrogens is 1. The van der Waals surface area contributed by atoms with Gasteiger partial charge in [0.15, 0.2) is 0 Å². The van der Waals surface area contributed by atoms with Crippen LogP contribution >= 0.6 is 0 Å². The maximum atomic E-state index is 12.6. The number of likely N-dealkylation sites (tertiary alicyclic amines) is 1. The van der Waals surface area contributed by atoms with E-state index in [1.807, 2.05) is 4.90 Å². The molecule has 2 unspecified atom stereocenters. The average Bonchev–Trinajstić information content (AvgIpc) is 3.14. The number of hydrogen-bond acceptors (Lipinski definition) is 6. The standard InChI is InChI=1S/C18H27N5O3/c1-2-21-9-4-6-15(21)11-20-18(24)14-5-3-10-22(13-14)17-8-7-16(12-19-17)23(25)26/h7-8,12,14-15H,2-6,9-11,13H2,1H3,(H,20,24). The summed E-state index contributed by atoms with van der Waals surface area (Å²) in [4.78, 5) is 31.6. The summed E-state index contributed by atoms with van der Waals surface area (Å²) in [7, 11) is 0. The van der Waals surface area contributed by atoms with Crippen LogP contribution in [0.4, 0.5) is 11.5 Å². The van der Waals surface area contributed by atoms with Crippen LogP contribution in [0.1, 0.15) is 32.6 Å². The normalized spacial score (nSPS) is 23.8. The van der Waals surface area contributed by atoms with Gasteiger partial charge in [0.05, 0.1) is 10.8 Å². The molecule has 0 bridgehead atoms. The molecule has 0 saturated carbocycles. The van der Waals surface area contributed by atoms with E-state index < -0.39 is 4.92 Å². The van der Waals surface area contributed by atoms with Gasteiger partial charge in [0, 0.05) is 31.7 Å². The van der Waals surface area contributed by atoms with Crippen LogP contribution in [0.5, 0.6) is 0 Å². The van der Waals surface area contributed by atoms with Gasteiger partial charge in [-0.2, -0.15) is 0 Å². The molecule has 8 nitrogen and oxygen atoms in total. The SMILES string of the molecule is CCN1CCCC1CNC(=O)C1CCCN(c2ccc([N+](=O)[O-])cn2)C1. The number of likely N-dealkylation sites (N-methyl/N-ethyl adjacent to an activating group) is 1. The number of nitrogens with one attached hydrogen (secondary N) is 1. The Morgan fingerprint density at radius 1 is 1.35 bits per heavy atom. The molecule has 3 heterocycles. The fraction of sp³-hybridized carbons (Fsp3) is 0.667. The molecule has 1 amide bonds. The summed E-state index contributed by atoms with van der Waals surface area (Å²) in [6.45, 7) is 6.47. The highest BCUT2D eigenvalue weighted by Crippen LogP contribution is 2.23. The number of amides is 1. The summed E-state index contributed by atoms with van der Waals surface area (Å²) in [5.41, 5.74) is -0.0166. The van der Waals surface area contributed by atoms with Crippen molar-refractivity contribution in [3.05, 3.63) is 28.4 Å². The Hall–Kier alpha value is -2.22.